The first-order valence-electron chi connectivity index (χ1n) is 6.50. The smallest absolute Gasteiger partial charge is 0.313 e. The first kappa shape index (κ1) is 19.0. The molecule has 0 heterocycles. The zero-order valence-corrected chi connectivity index (χ0v) is 11.8. The van der Waals surface area contributed by atoms with Crippen molar-refractivity contribution in [3.05, 3.63) is 12.8 Å². The quantitative estimate of drug-likeness (QED) is 0.409. The van der Waals surface area contributed by atoms with Gasteiger partial charge >= 0.3 is 5.97 Å². The van der Waals surface area contributed by atoms with Gasteiger partial charge in [-0.05, 0) is 12.8 Å². The number of carboxylic acids is 1. The van der Waals surface area contributed by atoms with E-state index in [1.54, 1.807) is 0 Å². The van der Waals surface area contributed by atoms with Crippen LogP contribution in [-0.4, -0.2) is 17.0 Å². The molecule has 0 aliphatic rings. The van der Waals surface area contributed by atoms with Crippen LogP contribution in [0.15, 0.2) is 12.8 Å². The van der Waals surface area contributed by atoms with Gasteiger partial charge in [0.15, 0.2) is 0 Å². The highest BCUT2D eigenvalue weighted by Crippen LogP contribution is 2.17. The normalized spacial score (nSPS) is 10.8. The summed E-state index contributed by atoms with van der Waals surface area (Å²) in [6, 6.07) is 0. The molecule has 4 nitrogen and oxygen atoms in total. The number of hydrogen-bond acceptors (Lipinski definition) is 3. The predicted molar refractivity (Wildman–Crippen MR) is 72.1 cm³/mol. The van der Waals surface area contributed by atoms with Crippen molar-refractivity contribution in [2.75, 3.05) is 0 Å². The van der Waals surface area contributed by atoms with Crippen molar-refractivity contribution in [2.24, 2.45) is 5.92 Å². The van der Waals surface area contributed by atoms with Gasteiger partial charge in [0.05, 0.1) is 12.2 Å². The summed E-state index contributed by atoms with van der Waals surface area (Å²) in [5.74, 6) is -0.873. The molecule has 0 saturated carbocycles. The highest BCUT2D eigenvalue weighted by atomic mass is 16.5. The molecule has 106 valence electrons. The van der Waals surface area contributed by atoms with Crippen LogP contribution < -0.4 is 0 Å². The van der Waals surface area contributed by atoms with Crippen LogP contribution in [0.1, 0.15) is 59.3 Å². The minimum Gasteiger partial charge on any atom is -0.481 e. The topological polar surface area (TPSA) is 63.6 Å². The van der Waals surface area contributed by atoms with Gasteiger partial charge in [-0.15, -0.1) is 0 Å². The molecule has 0 rings (SSSR count). The monoisotopic (exact) mass is 258 g/mol. The summed E-state index contributed by atoms with van der Waals surface area (Å²) >= 11 is 0. The Labute approximate surface area is 110 Å². The lowest BCUT2D eigenvalue weighted by Crippen LogP contribution is -2.15. The molecule has 0 bridgehead atoms. The highest BCUT2D eigenvalue weighted by Gasteiger charge is 2.17. The standard InChI is InChI=1S/C12H22O2.C2H4O2/c1-4-7-8-10-11(9-5-2)12(13)14-6-3;1-2(3)4/h6,11H,3-5,7-10H2,1-2H3;1H3,(H,3,4). The van der Waals surface area contributed by atoms with Gasteiger partial charge in [-0.3, -0.25) is 9.59 Å². The van der Waals surface area contributed by atoms with Crippen molar-refractivity contribution >= 4 is 11.9 Å². The number of aliphatic carboxylic acids is 1. The molecule has 1 unspecified atom stereocenters. The van der Waals surface area contributed by atoms with E-state index in [1.807, 2.05) is 0 Å². The fourth-order valence-electron chi connectivity index (χ4n) is 1.55. The second-order valence-electron chi connectivity index (χ2n) is 4.10. The third-order valence-electron chi connectivity index (χ3n) is 2.33. The van der Waals surface area contributed by atoms with E-state index < -0.39 is 5.97 Å². The number of hydrogen-bond donors (Lipinski definition) is 1. The molecule has 18 heavy (non-hydrogen) atoms. The summed E-state index contributed by atoms with van der Waals surface area (Å²) in [4.78, 5) is 20.4. The van der Waals surface area contributed by atoms with Crippen molar-refractivity contribution in [3.63, 3.8) is 0 Å². The summed E-state index contributed by atoms with van der Waals surface area (Å²) < 4.78 is 4.81. The van der Waals surface area contributed by atoms with Gasteiger partial charge in [0, 0.05) is 6.92 Å². The molecule has 0 amide bonds. The minimum atomic E-state index is -0.833. The van der Waals surface area contributed by atoms with Gasteiger partial charge in [0.25, 0.3) is 5.97 Å². The Morgan fingerprint density at radius 2 is 1.78 bits per heavy atom. The Morgan fingerprint density at radius 3 is 2.17 bits per heavy atom. The molecule has 4 heteroatoms. The van der Waals surface area contributed by atoms with Gasteiger partial charge in [0.1, 0.15) is 0 Å². The number of esters is 1. The van der Waals surface area contributed by atoms with Crippen LogP contribution in [0, 0.1) is 5.92 Å². The third-order valence-corrected chi connectivity index (χ3v) is 2.33. The van der Waals surface area contributed by atoms with Crippen LogP contribution in [0.5, 0.6) is 0 Å². The van der Waals surface area contributed by atoms with E-state index in [-0.39, 0.29) is 11.9 Å². The largest absolute Gasteiger partial charge is 0.481 e. The van der Waals surface area contributed by atoms with Crippen LogP contribution in [0.3, 0.4) is 0 Å². The number of carboxylic acid groups (broad SMARTS) is 1. The lowest BCUT2D eigenvalue weighted by atomic mass is 9.97. The second-order valence-corrected chi connectivity index (χ2v) is 4.10. The highest BCUT2D eigenvalue weighted by molar-refractivity contribution is 5.72. The van der Waals surface area contributed by atoms with Gasteiger partial charge in [-0.2, -0.15) is 0 Å². The van der Waals surface area contributed by atoms with Crippen molar-refractivity contribution in [1.29, 1.82) is 0 Å². The molecule has 0 fully saturated rings. The van der Waals surface area contributed by atoms with E-state index in [0.29, 0.717) is 0 Å². The van der Waals surface area contributed by atoms with Crippen LogP contribution in [0.4, 0.5) is 0 Å². The van der Waals surface area contributed by atoms with Crippen LogP contribution in [-0.2, 0) is 14.3 Å². The minimum absolute atomic E-state index is 0.0737. The molecule has 1 atom stereocenters. The van der Waals surface area contributed by atoms with Crippen LogP contribution in [0.2, 0.25) is 0 Å². The Bertz CT molecular complexity index is 232. The molecule has 0 saturated heterocycles. The number of carbonyl (C=O) groups excluding carboxylic acids is 1. The van der Waals surface area contributed by atoms with E-state index in [9.17, 15) is 4.79 Å². The second kappa shape index (κ2) is 13.7. The summed E-state index contributed by atoms with van der Waals surface area (Å²) in [6.07, 6.45) is 7.64. The van der Waals surface area contributed by atoms with E-state index in [0.717, 1.165) is 32.6 Å². The Hall–Kier alpha value is -1.32. The van der Waals surface area contributed by atoms with Gasteiger partial charge < -0.3 is 9.84 Å². The van der Waals surface area contributed by atoms with Crippen LogP contribution in [0.25, 0.3) is 0 Å². The number of ether oxygens (including phenoxy) is 1. The Balaban J connectivity index is 0. The summed E-state index contributed by atoms with van der Waals surface area (Å²) in [6.45, 7) is 8.73. The van der Waals surface area contributed by atoms with Gasteiger partial charge in [-0.25, -0.2) is 0 Å². The zero-order valence-electron chi connectivity index (χ0n) is 11.8. The molecule has 0 radical (unpaired) electrons. The maximum atomic E-state index is 11.4. The molecule has 0 aromatic carbocycles. The van der Waals surface area contributed by atoms with Crippen molar-refractivity contribution in [1.82, 2.24) is 0 Å². The molecule has 0 aliphatic carbocycles. The van der Waals surface area contributed by atoms with E-state index in [2.05, 4.69) is 20.4 Å². The van der Waals surface area contributed by atoms with Crippen LogP contribution >= 0.6 is 0 Å². The average Bonchev–Trinajstić information content (AvgIpc) is 2.27. The molecule has 0 aromatic heterocycles. The summed E-state index contributed by atoms with van der Waals surface area (Å²) in [5.41, 5.74) is 0. The fraction of sp³-hybridized carbons (Fsp3) is 0.714. The summed E-state index contributed by atoms with van der Waals surface area (Å²) in [7, 11) is 0. The molecule has 0 aliphatic heterocycles. The van der Waals surface area contributed by atoms with Gasteiger partial charge in [-0.1, -0.05) is 46.1 Å². The number of carbonyl (C=O) groups is 2. The van der Waals surface area contributed by atoms with E-state index in [1.165, 1.54) is 19.1 Å². The number of unbranched alkanes of at least 4 members (excludes halogenated alkanes) is 2. The first-order chi connectivity index (χ1) is 8.49. The molecular weight excluding hydrogens is 232 g/mol. The Kier molecular flexibility index (Phi) is 14.5. The van der Waals surface area contributed by atoms with Crippen molar-refractivity contribution < 1.29 is 19.4 Å². The molecule has 0 spiro atoms. The lowest BCUT2D eigenvalue weighted by Gasteiger charge is -2.12. The molecule has 1 N–H and O–H groups in total. The van der Waals surface area contributed by atoms with E-state index >= 15 is 0 Å². The van der Waals surface area contributed by atoms with E-state index in [4.69, 9.17) is 14.6 Å². The fourth-order valence-corrected chi connectivity index (χ4v) is 1.55. The molecular formula is C14H26O4. The lowest BCUT2D eigenvalue weighted by molar-refractivity contribution is -0.143. The van der Waals surface area contributed by atoms with Gasteiger partial charge in [0.2, 0.25) is 0 Å². The first-order valence-corrected chi connectivity index (χ1v) is 6.50. The molecule has 0 aromatic rings. The third kappa shape index (κ3) is 14.7. The van der Waals surface area contributed by atoms with Crippen molar-refractivity contribution in [2.45, 2.75) is 59.3 Å². The zero-order chi connectivity index (χ0) is 14.4. The van der Waals surface area contributed by atoms with Crippen molar-refractivity contribution in [3.8, 4) is 0 Å². The predicted octanol–water partition coefficient (Wildman–Crippen LogP) is 3.76. The SMILES string of the molecule is C=COC(=O)C(CCC)CCCCC.CC(=O)O. The Morgan fingerprint density at radius 1 is 1.22 bits per heavy atom. The maximum Gasteiger partial charge on any atom is 0.313 e. The number of rotatable bonds is 8. The average molecular weight is 258 g/mol. The summed E-state index contributed by atoms with van der Waals surface area (Å²) in [5, 5.41) is 7.42. The maximum absolute atomic E-state index is 11.4.